The van der Waals surface area contributed by atoms with Gasteiger partial charge in [0.05, 0.1) is 16.4 Å². The van der Waals surface area contributed by atoms with Crippen LogP contribution < -0.4 is 5.32 Å². The van der Waals surface area contributed by atoms with Crippen molar-refractivity contribution < 1.29 is 18.1 Å². The Labute approximate surface area is 134 Å². The van der Waals surface area contributed by atoms with E-state index in [1.165, 1.54) is 28.6 Å². The van der Waals surface area contributed by atoms with Crippen LogP contribution in [0.5, 0.6) is 0 Å². The second-order valence-corrected chi connectivity index (χ2v) is 7.72. The van der Waals surface area contributed by atoms with Crippen LogP contribution in [0.3, 0.4) is 0 Å². The molecule has 1 spiro atoms. The first-order valence-electron chi connectivity index (χ1n) is 7.57. The minimum atomic E-state index is -3.63. The van der Waals surface area contributed by atoms with Gasteiger partial charge < -0.3 is 4.74 Å². The van der Waals surface area contributed by atoms with E-state index in [4.69, 9.17) is 4.74 Å². The number of non-ortho nitro benzene ring substituents is 1. The number of nitrogens with one attached hydrogen (secondary N) is 1. The third-order valence-electron chi connectivity index (χ3n) is 4.36. The van der Waals surface area contributed by atoms with Gasteiger partial charge in [-0.15, -0.1) is 0 Å². The van der Waals surface area contributed by atoms with Crippen LogP contribution in [-0.2, 0) is 14.8 Å². The second kappa shape index (κ2) is 6.16. The van der Waals surface area contributed by atoms with Gasteiger partial charge in [-0.1, -0.05) is 0 Å². The Hall–Kier alpha value is -1.55. The zero-order chi connectivity index (χ0) is 16.5. The molecule has 0 unspecified atom stereocenters. The van der Waals surface area contributed by atoms with Crippen molar-refractivity contribution in [3.05, 3.63) is 34.4 Å². The van der Waals surface area contributed by atoms with Gasteiger partial charge in [-0.25, -0.2) is 8.42 Å². The first kappa shape index (κ1) is 16.3. The highest BCUT2D eigenvalue weighted by molar-refractivity contribution is 7.89. The fourth-order valence-electron chi connectivity index (χ4n) is 3.00. The van der Waals surface area contributed by atoms with Crippen molar-refractivity contribution in [2.75, 3.05) is 26.2 Å². The monoisotopic (exact) mass is 341 g/mol. The smallest absolute Gasteiger partial charge is 0.269 e. The lowest BCUT2D eigenvalue weighted by Crippen LogP contribution is -2.58. The molecule has 9 heteroatoms. The van der Waals surface area contributed by atoms with Crippen LogP contribution in [0.1, 0.15) is 19.3 Å². The lowest BCUT2D eigenvalue weighted by Gasteiger charge is -2.43. The molecule has 0 amide bonds. The molecule has 1 aromatic rings. The highest BCUT2D eigenvalue weighted by Crippen LogP contribution is 2.29. The minimum Gasteiger partial charge on any atom is -0.360 e. The second-order valence-electron chi connectivity index (χ2n) is 5.78. The highest BCUT2D eigenvalue weighted by atomic mass is 32.2. The molecule has 0 atom stereocenters. The number of rotatable bonds is 3. The average molecular weight is 341 g/mol. The number of benzene rings is 1. The summed E-state index contributed by atoms with van der Waals surface area (Å²) < 4.78 is 32.5. The molecule has 8 nitrogen and oxygen atoms in total. The van der Waals surface area contributed by atoms with E-state index in [1.54, 1.807) is 0 Å². The average Bonchev–Trinajstić information content (AvgIpc) is 2.56. The highest BCUT2D eigenvalue weighted by Gasteiger charge is 2.40. The molecule has 0 radical (unpaired) electrons. The van der Waals surface area contributed by atoms with E-state index in [0.717, 1.165) is 13.0 Å². The number of sulfonamides is 1. The Morgan fingerprint density at radius 2 is 1.87 bits per heavy atom. The summed E-state index contributed by atoms with van der Waals surface area (Å²) >= 11 is 0. The SMILES string of the molecule is O=[N+]([O-])c1ccc(S(=O)(=O)N2CCC3(CC2)NCCCO3)cc1. The summed E-state index contributed by atoms with van der Waals surface area (Å²) in [5, 5.41) is 14.0. The van der Waals surface area contributed by atoms with Gasteiger partial charge in [0.15, 0.2) is 0 Å². The van der Waals surface area contributed by atoms with E-state index >= 15 is 0 Å². The van der Waals surface area contributed by atoms with Gasteiger partial charge in [0.1, 0.15) is 5.72 Å². The predicted molar refractivity (Wildman–Crippen MR) is 82.4 cm³/mol. The normalized spacial score (nSPS) is 22.1. The fraction of sp³-hybridized carbons (Fsp3) is 0.571. The number of nitrogens with zero attached hydrogens (tertiary/aromatic N) is 2. The van der Waals surface area contributed by atoms with Crippen LogP contribution >= 0.6 is 0 Å². The third-order valence-corrected chi connectivity index (χ3v) is 6.27. The van der Waals surface area contributed by atoms with E-state index in [-0.39, 0.29) is 10.6 Å². The number of nitro groups is 1. The van der Waals surface area contributed by atoms with Crippen LogP contribution in [-0.4, -0.2) is 49.6 Å². The molecule has 2 saturated heterocycles. The van der Waals surface area contributed by atoms with Crippen LogP contribution in [0.25, 0.3) is 0 Å². The van der Waals surface area contributed by atoms with Crippen LogP contribution in [0, 0.1) is 10.1 Å². The summed E-state index contributed by atoms with van der Waals surface area (Å²) in [6.07, 6.45) is 2.16. The van der Waals surface area contributed by atoms with Crippen molar-refractivity contribution in [2.24, 2.45) is 0 Å². The van der Waals surface area contributed by atoms with Gasteiger partial charge in [0.2, 0.25) is 10.0 Å². The maximum Gasteiger partial charge on any atom is 0.269 e. The summed E-state index contributed by atoms with van der Waals surface area (Å²) in [7, 11) is -3.63. The van der Waals surface area contributed by atoms with Crippen molar-refractivity contribution >= 4 is 15.7 Å². The maximum absolute atomic E-state index is 12.6. The maximum atomic E-state index is 12.6. The molecule has 0 bridgehead atoms. The first-order valence-corrected chi connectivity index (χ1v) is 9.01. The van der Waals surface area contributed by atoms with Crippen molar-refractivity contribution in [2.45, 2.75) is 29.9 Å². The van der Waals surface area contributed by atoms with Crippen molar-refractivity contribution in [3.63, 3.8) is 0 Å². The number of ether oxygens (including phenoxy) is 1. The van der Waals surface area contributed by atoms with Gasteiger partial charge in [0, 0.05) is 38.1 Å². The molecule has 0 saturated carbocycles. The summed E-state index contributed by atoms with van der Waals surface area (Å²) in [6, 6.07) is 4.99. The number of nitro benzene ring substituents is 1. The fourth-order valence-corrected chi connectivity index (χ4v) is 4.45. The Bertz CT molecular complexity index is 673. The van der Waals surface area contributed by atoms with Gasteiger partial charge >= 0.3 is 0 Å². The molecular formula is C14H19N3O5S. The van der Waals surface area contributed by atoms with Crippen molar-refractivity contribution in [1.29, 1.82) is 0 Å². The lowest BCUT2D eigenvalue weighted by molar-refractivity contribution is -0.384. The van der Waals surface area contributed by atoms with Crippen molar-refractivity contribution in [1.82, 2.24) is 9.62 Å². The molecule has 2 fully saturated rings. The number of hydrogen-bond acceptors (Lipinski definition) is 6. The standard InChI is InChI=1S/C14H19N3O5S/c18-17(19)12-2-4-13(5-3-12)23(20,21)16-9-6-14(7-10-16)15-8-1-11-22-14/h2-5,15H,1,6-11H2. The van der Waals surface area contributed by atoms with E-state index in [0.29, 0.717) is 32.5 Å². The predicted octanol–water partition coefficient (Wildman–Crippen LogP) is 1.09. The van der Waals surface area contributed by atoms with Crippen molar-refractivity contribution in [3.8, 4) is 0 Å². The largest absolute Gasteiger partial charge is 0.360 e. The van der Waals surface area contributed by atoms with Crippen LogP contribution in [0.15, 0.2) is 29.2 Å². The topological polar surface area (TPSA) is 102 Å². The molecule has 126 valence electrons. The summed E-state index contributed by atoms with van der Waals surface area (Å²) in [6.45, 7) is 2.32. The van der Waals surface area contributed by atoms with E-state index < -0.39 is 20.7 Å². The van der Waals surface area contributed by atoms with E-state index in [2.05, 4.69) is 5.32 Å². The summed E-state index contributed by atoms with van der Waals surface area (Å²) in [5.41, 5.74) is -0.527. The molecule has 2 heterocycles. The minimum absolute atomic E-state index is 0.0802. The molecular weight excluding hydrogens is 322 g/mol. The Kier molecular flexibility index (Phi) is 4.37. The summed E-state index contributed by atoms with van der Waals surface area (Å²) in [4.78, 5) is 10.2. The molecule has 0 aromatic heterocycles. The van der Waals surface area contributed by atoms with Gasteiger partial charge in [-0.2, -0.15) is 4.31 Å². The van der Waals surface area contributed by atoms with Crippen LogP contribution in [0.2, 0.25) is 0 Å². The molecule has 1 N–H and O–H groups in total. The molecule has 1 aromatic carbocycles. The molecule has 23 heavy (non-hydrogen) atoms. The van der Waals surface area contributed by atoms with Gasteiger partial charge in [0.25, 0.3) is 5.69 Å². The first-order chi connectivity index (χ1) is 10.9. The Morgan fingerprint density at radius 3 is 2.39 bits per heavy atom. The number of piperidine rings is 1. The summed E-state index contributed by atoms with van der Waals surface area (Å²) in [5.74, 6) is 0. The Balaban J connectivity index is 1.72. The number of hydrogen-bond donors (Lipinski definition) is 1. The van der Waals surface area contributed by atoms with Gasteiger partial charge in [-0.3, -0.25) is 15.4 Å². The molecule has 2 aliphatic rings. The zero-order valence-corrected chi connectivity index (χ0v) is 13.4. The van der Waals surface area contributed by atoms with E-state index in [1.807, 2.05) is 0 Å². The zero-order valence-electron chi connectivity index (χ0n) is 12.6. The third kappa shape index (κ3) is 3.23. The van der Waals surface area contributed by atoms with Gasteiger partial charge in [-0.05, 0) is 25.1 Å². The van der Waals surface area contributed by atoms with Crippen LogP contribution in [0.4, 0.5) is 5.69 Å². The molecule has 0 aliphatic carbocycles. The Morgan fingerprint density at radius 1 is 1.22 bits per heavy atom. The molecule has 3 rings (SSSR count). The van der Waals surface area contributed by atoms with E-state index in [9.17, 15) is 18.5 Å². The quantitative estimate of drug-likeness (QED) is 0.652. The molecule has 2 aliphatic heterocycles. The lowest BCUT2D eigenvalue weighted by atomic mass is 10.0.